The molecule has 3 N–H and O–H groups in total. The zero-order valence-electron chi connectivity index (χ0n) is 69.4. The molecule has 0 bridgehead atoms. The first-order valence-electron chi connectivity index (χ1n) is 44.2. The quantitative estimate of drug-likeness (QED) is 0.0222. The molecule has 19 heteroatoms. The zero-order valence-corrected chi connectivity index (χ0v) is 71.2. The third-order valence-corrected chi connectivity index (χ3v) is 22.0. The molecule has 0 aromatic carbocycles. The van der Waals surface area contributed by atoms with Gasteiger partial charge in [-0.2, -0.15) is 0 Å². The summed E-state index contributed by atoms with van der Waals surface area (Å²) in [7, 11) is -9.93. The lowest BCUT2D eigenvalue weighted by Crippen LogP contribution is -2.30. The summed E-state index contributed by atoms with van der Waals surface area (Å²) in [6.07, 6.45) is 63.9. The van der Waals surface area contributed by atoms with Gasteiger partial charge in [-0.1, -0.05) is 396 Å². The standard InChI is InChI=1S/C86H168O17P2/c1-76(2)62-54-46-38-31-25-19-13-9-10-16-23-29-35-43-52-60-69-86(91)103-82(73-97-84(89)67-59-51-45-37-41-49-57-65-79(7)8)75-101-105(94,95)99-71-80(87)70-98-104(92,93)100-74-81(102-85(90)68-61-53-44-36-30-24-18-12-15-21-27-33-40-48-56-64-78(5)6)72-96-83(88)66-58-50-42-34-28-22-17-11-14-20-26-32-39-47-55-63-77(3)4/h76-82,87H,9-75H2,1-8H3,(H,92,93)(H,94,95)/t80?,81-,82-/m1/s1. The number of carbonyl (C=O) groups excluding carboxylic acids is 4. The van der Waals surface area contributed by atoms with Crippen LogP contribution < -0.4 is 0 Å². The smallest absolute Gasteiger partial charge is 0.462 e. The van der Waals surface area contributed by atoms with Crippen molar-refractivity contribution in [2.75, 3.05) is 39.6 Å². The van der Waals surface area contributed by atoms with Gasteiger partial charge in [0.1, 0.15) is 19.3 Å². The summed E-state index contributed by atoms with van der Waals surface area (Å²) in [4.78, 5) is 73.2. The summed E-state index contributed by atoms with van der Waals surface area (Å²) >= 11 is 0. The number of rotatable bonds is 83. The molecule has 0 heterocycles. The molecule has 0 aliphatic carbocycles. The Balaban J connectivity index is 5.23. The van der Waals surface area contributed by atoms with Gasteiger partial charge in [0.25, 0.3) is 0 Å². The molecule has 5 atom stereocenters. The Hall–Kier alpha value is -1.94. The number of phosphoric acid groups is 2. The minimum Gasteiger partial charge on any atom is -0.462 e. The Morgan fingerprint density at radius 2 is 0.400 bits per heavy atom. The highest BCUT2D eigenvalue weighted by molar-refractivity contribution is 7.47. The van der Waals surface area contributed by atoms with E-state index in [2.05, 4.69) is 55.4 Å². The normalized spacial score (nSPS) is 13.9. The first-order chi connectivity index (χ1) is 50.6. The van der Waals surface area contributed by atoms with Crippen LogP contribution in [0.25, 0.3) is 0 Å². The topological polar surface area (TPSA) is 237 Å². The van der Waals surface area contributed by atoms with E-state index in [0.717, 1.165) is 114 Å². The fourth-order valence-electron chi connectivity index (χ4n) is 13.3. The van der Waals surface area contributed by atoms with E-state index in [4.69, 9.17) is 37.0 Å². The van der Waals surface area contributed by atoms with E-state index in [0.29, 0.717) is 31.6 Å². The van der Waals surface area contributed by atoms with Gasteiger partial charge in [-0.25, -0.2) is 9.13 Å². The number of ether oxygens (including phenoxy) is 4. The van der Waals surface area contributed by atoms with Crippen molar-refractivity contribution in [1.82, 2.24) is 0 Å². The predicted octanol–water partition coefficient (Wildman–Crippen LogP) is 25.9. The number of hydrogen-bond acceptors (Lipinski definition) is 15. The molecule has 0 rings (SSSR count). The SMILES string of the molecule is CC(C)CCCCCCCCCCCCCCCCCCC(=O)O[C@H](COC(=O)CCCCCCCCCC(C)C)COP(=O)(O)OCC(O)COP(=O)(O)OC[C@@H](COC(=O)CCCCCCCCCCCCCCCCCC(C)C)OC(=O)CCCCCCCCCCCCCCCCCC(C)C. The molecule has 0 spiro atoms. The van der Waals surface area contributed by atoms with E-state index < -0.39 is 97.5 Å². The third kappa shape index (κ3) is 79.9. The van der Waals surface area contributed by atoms with Gasteiger partial charge in [-0.05, 0) is 49.4 Å². The Labute approximate surface area is 645 Å². The summed E-state index contributed by atoms with van der Waals surface area (Å²) in [6, 6.07) is 0. The van der Waals surface area contributed by atoms with E-state index in [1.807, 2.05) is 0 Å². The molecule has 0 saturated heterocycles. The van der Waals surface area contributed by atoms with Crippen LogP contribution >= 0.6 is 15.6 Å². The highest BCUT2D eigenvalue weighted by atomic mass is 31.2. The first-order valence-corrected chi connectivity index (χ1v) is 47.2. The van der Waals surface area contributed by atoms with E-state index in [1.165, 1.54) is 244 Å². The number of carbonyl (C=O) groups is 4. The van der Waals surface area contributed by atoms with Crippen LogP contribution in [0.5, 0.6) is 0 Å². The molecule has 0 fully saturated rings. The molecule has 0 amide bonds. The lowest BCUT2D eigenvalue weighted by Gasteiger charge is -2.21. The van der Waals surface area contributed by atoms with Crippen molar-refractivity contribution in [3.63, 3.8) is 0 Å². The maximum Gasteiger partial charge on any atom is 0.472 e. The van der Waals surface area contributed by atoms with Crippen molar-refractivity contribution in [2.24, 2.45) is 23.7 Å². The predicted molar refractivity (Wildman–Crippen MR) is 432 cm³/mol. The van der Waals surface area contributed by atoms with Crippen molar-refractivity contribution >= 4 is 39.5 Å². The molecule has 0 radical (unpaired) electrons. The third-order valence-electron chi connectivity index (χ3n) is 20.1. The minimum atomic E-state index is -4.97. The second kappa shape index (κ2) is 74.8. The molecular weight excluding hydrogens is 1370 g/mol. The summed E-state index contributed by atoms with van der Waals surface area (Å²) in [5, 5.41) is 10.7. The van der Waals surface area contributed by atoms with Crippen LogP contribution in [0.15, 0.2) is 0 Å². The Bertz CT molecular complexity index is 2040. The van der Waals surface area contributed by atoms with E-state index >= 15 is 0 Å². The molecule has 0 aliphatic heterocycles. The fraction of sp³-hybridized carbons (Fsp3) is 0.953. The van der Waals surface area contributed by atoms with Gasteiger partial charge in [0.05, 0.1) is 26.4 Å². The van der Waals surface area contributed by atoms with E-state index in [9.17, 15) is 43.2 Å². The van der Waals surface area contributed by atoms with Gasteiger partial charge in [0, 0.05) is 25.7 Å². The number of esters is 4. The van der Waals surface area contributed by atoms with Crippen LogP contribution in [0.2, 0.25) is 0 Å². The number of aliphatic hydroxyl groups is 1. The van der Waals surface area contributed by atoms with Crippen LogP contribution in [-0.4, -0.2) is 96.7 Å². The van der Waals surface area contributed by atoms with Crippen molar-refractivity contribution in [3.8, 4) is 0 Å². The average molecular weight is 1540 g/mol. The van der Waals surface area contributed by atoms with Gasteiger partial charge in [0.15, 0.2) is 12.2 Å². The van der Waals surface area contributed by atoms with Crippen molar-refractivity contribution in [2.45, 2.75) is 465 Å². The number of hydrogen-bond donors (Lipinski definition) is 3. The lowest BCUT2D eigenvalue weighted by atomic mass is 10.0. The van der Waals surface area contributed by atoms with Gasteiger partial charge >= 0.3 is 39.5 Å². The van der Waals surface area contributed by atoms with Gasteiger partial charge in [-0.3, -0.25) is 37.3 Å². The van der Waals surface area contributed by atoms with Gasteiger partial charge < -0.3 is 33.8 Å². The Morgan fingerprint density at radius 3 is 0.590 bits per heavy atom. The van der Waals surface area contributed by atoms with Crippen LogP contribution in [0.4, 0.5) is 0 Å². The first kappa shape index (κ1) is 103. The van der Waals surface area contributed by atoms with Crippen molar-refractivity contribution < 1.29 is 80.2 Å². The molecule has 0 aromatic heterocycles. The number of aliphatic hydroxyl groups excluding tert-OH is 1. The highest BCUT2D eigenvalue weighted by Gasteiger charge is 2.30. The summed E-state index contributed by atoms with van der Waals surface area (Å²) in [5.41, 5.74) is 0. The largest absolute Gasteiger partial charge is 0.472 e. The van der Waals surface area contributed by atoms with Crippen LogP contribution in [0.1, 0.15) is 447 Å². The number of phosphoric ester groups is 2. The molecule has 105 heavy (non-hydrogen) atoms. The summed E-state index contributed by atoms with van der Waals surface area (Å²) in [5.74, 6) is 1.02. The van der Waals surface area contributed by atoms with E-state index in [1.54, 1.807) is 0 Å². The molecule has 0 aliphatic rings. The second-order valence-electron chi connectivity index (χ2n) is 32.8. The molecule has 0 saturated carbocycles. The lowest BCUT2D eigenvalue weighted by molar-refractivity contribution is -0.161. The summed E-state index contributed by atoms with van der Waals surface area (Å²) in [6.45, 7) is 14.3. The molecule has 17 nitrogen and oxygen atoms in total. The Morgan fingerprint density at radius 1 is 0.238 bits per heavy atom. The van der Waals surface area contributed by atoms with Crippen molar-refractivity contribution in [1.29, 1.82) is 0 Å². The molecule has 0 aromatic rings. The second-order valence-corrected chi connectivity index (χ2v) is 35.7. The van der Waals surface area contributed by atoms with Crippen molar-refractivity contribution in [3.05, 3.63) is 0 Å². The minimum absolute atomic E-state index is 0.107. The maximum atomic E-state index is 13.1. The van der Waals surface area contributed by atoms with Crippen LogP contribution in [0, 0.1) is 23.7 Å². The molecule has 624 valence electrons. The van der Waals surface area contributed by atoms with Gasteiger partial charge in [-0.15, -0.1) is 0 Å². The van der Waals surface area contributed by atoms with Crippen LogP contribution in [-0.2, 0) is 65.4 Å². The Kier molecular flexibility index (Phi) is 73.4. The van der Waals surface area contributed by atoms with Gasteiger partial charge in [0.2, 0.25) is 0 Å². The van der Waals surface area contributed by atoms with Crippen LogP contribution in [0.3, 0.4) is 0 Å². The monoisotopic (exact) mass is 1540 g/mol. The highest BCUT2D eigenvalue weighted by Crippen LogP contribution is 2.45. The number of unbranched alkanes of at least 4 members (excludes halogenated alkanes) is 49. The van der Waals surface area contributed by atoms with E-state index in [-0.39, 0.29) is 25.7 Å². The fourth-order valence-corrected chi connectivity index (χ4v) is 14.9. The average Bonchev–Trinajstić information content (AvgIpc) is 0.907. The summed E-state index contributed by atoms with van der Waals surface area (Å²) < 4.78 is 68.9. The molecule has 3 unspecified atom stereocenters. The maximum absolute atomic E-state index is 13.1. The molecular formula is C86H168O17P2. The zero-order chi connectivity index (χ0) is 77.4.